The zero-order valence-corrected chi connectivity index (χ0v) is 16.1. The molecule has 1 atom stereocenters. The van der Waals surface area contributed by atoms with Crippen LogP contribution >= 0.6 is 0 Å². The van der Waals surface area contributed by atoms with E-state index in [9.17, 15) is 9.59 Å². The molecule has 1 amide bonds. The SMILES string of the molecule is Cc1ccc(NC(=O)Cn2nc3c(N4CCCC(C)C4)nccn3c2=O)cc1. The van der Waals surface area contributed by atoms with Gasteiger partial charge < -0.3 is 10.2 Å². The highest BCUT2D eigenvalue weighted by molar-refractivity contribution is 5.90. The van der Waals surface area contributed by atoms with Crippen molar-refractivity contribution in [3.05, 3.63) is 52.7 Å². The van der Waals surface area contributed by atoms with Crippen molar-refractivity contribution < 1.29 is 4.79 Å². The number of aromatic nitrogens is 4. The lowest BCUT2D eigenvalue weighted by atomic mass is 10.0. The molecule has 0 spiro atoms. The molecule has 0 bridgehead atoms. The number of anilines is 2. The minimum absolute atomic E-state index is 0.149. The third-order valence-electron chi connectivity index (χ3n) is 5.07. The van der Waals surface area contributed by atoms with Gasteiger partial charge in [-0.1, -0.05) is 24.6 Å². The molecule has 2 aromatic heterocycles. The van der Waals surface area contributed by atoms with Gasteiger partial charge in [0.05, 0.1) is 0 Å². The fourth-order valence-corrected chi connectivity index (χ4v) is 3.62. The monoisotopic (exact) mass is 380 g/mol. The van der Waals surface area contributed by atoms with Crippen LogP contribution in [-0.4, -0.2) is 38.2 Å². The molecule has 0 saturated carbocycles. The molecule has 1 fully saturated rings. The number of rotatable bonds is 4. The zero-order valence-electron chi connectivity index (χ0n) is 16.1. The number of carbonyl (C=O) groups excluding carboxylic acids is 1. The standard InChI is InChI=1S/C20H24N6O2/c1-14-5-7-16(8-6-14)22-17(27)13-26-20(28)25-11-9-21-18(19(25)23-26)24-10-3-4-15(2)12-24/h5-9,11,15H,3-4,10,12-13H2,1-2H3,(H,22,27). The Bertz CT molecular complexity index is 1050. The molecule has 0 radical (unpaired) electrons. The van der Waals surface area contributed by atoms with Crippen molar-refractivity contribution in [2.24, 2.45) is 5.92 Å². The van der Waals surface area contributed by atoms with E-state index in [0.717, 1.165) is 25.1 Å². The van der Waals surface area contributed by atoms with Gasteiger partial charge in [0.1, 0.15) is 6.54 Å². The maximum atomic E-state index is 12.7. The molecule has 28 heavy (non-hydrogen) atoms. The maximum Gasteiger partial charge on any atom is 0.350 e. The van der Waals surface area contributed by atoms with E-state index in [1.807, 2.05) is 31.2 Å². The van der Waals surface area contributed by atoms with Crippen LogP contribution in [0.15, 0.2) is 41.5 Å². The molecule has 1 N–H and O–H groups in total. The van der Waals surface area contributed by atoms with E-state index < -0.39 is 0 Å². The van der Waals surface area contributed by atoms with Gasteiger partial charge in [-0.2, -0.15) is 0 Å². The number of carbonyl (C=O) groups is 1. The van der Waals surface area contributed by atoms with E-state index in [2.05, 4.69) is 27.2 Å². The van der Waals surface area contributed by atoms with Crippen LogP contribution in [0.2, 0.25) is 0 Å². The fraction of sp³-hybridized carbons (Fsp3) is 0.400. The van der Waals surface area contributed by atoms with Gasteiger partial charge in [0.15, 0.2) is 5.82 Å². The summed E-state index contributed by atoms with van der Waals surface area (Å²) in [6, 6.07) is 7.51. The number of amides is 1. The molecule has 4 rings (SSSR count). The molecule has 146 valence electrons. The Morgan fingerprint density at radius 1 is 1.29 bits per heavy atom. The molecule has 8 nitrogen and oxygen atoms in total. The topological polar surface area (TPSA) is 84.5 Å². The van der Waals surface area contributed by atoms with Gasteiger partial charge in [-0.05, 0) is 37.8 Å². The highest BCUT2D eigenvalue weighted by Crippen LogP contribution is 2.23. The van der Waals surface area contributed by atoms with Gasteiger partial charge in [-0.3, -0.25) is 4.79 Å². The largest absolute Gasteiger partial charge is 0.353 e. The minimum atomic E-state index is -0.345. The summed E-state index contributed by atoms with van der Waals surface area (Å²) in [7, 11) is 0. The van der Waals surface area contributed by atoms with Crippen molar-refractivity contribution >= 4 is 23.1 Å². The second kappa shape index (κ2) is 7.46. The number of hydrogen-bond donors (Lipinski definition) is 1. The molecule has 0 aliphatic carbocycles. The quantitative estimate of drug-likeness (QED) is 0.749. The number of aryl methyl sites for hydroxylation is 1. The number of nitrogens with one attached hydrogen (secondary N) is 1. The van der Waals surface area contributed by atoms with Gasteiger partial charge in [-0.25, -0.2) is 18.9 Å². The fourth-order valence-electron chi connectivity index (χ4n) is 3.62. The van der Waals surface area contributed by atoms with E-state index in [4.69, 9.17) is 0 Å². The molecule has 1 aromatic carbocycles. The lowest BCUT2D eigenvalue weighted by Crippen LogP contribution is -2.35. The summed E-state index contributed by atoms with van der Waals surface area (Å²) in [6.45, 7) is 5.83. The summed E-state index contributed by atoms with van der Waals surface area (Å²) in [6.07, 6.45) is 5.49. The molecular weight excluding hydrogens is 356 g/mol. The molecule has 1 unspecified atom stereocenters. The van der Waals surface area contributed by atoms with Crippen LogP contribution in [0.3, 0.4) is 0 Å². The van der Waals surface area contributed by atoms with Crippen molar-refractivity contribution in [2.45, 2.75) is 33.2 Å². The summed E-state index contributed by atoms with van der Waals surface area (Å²) in [5.41, 5.74) is 1.95. The average molecular weight is 380 g/mol. The summed E-state index contributed by atoms with van der Waals surface area (Å²) in [5.74, 6) is 0.976. The first kappa shape index (κ1) is 18.2. The van der Waals surface area contributed by atoms with E-state index >= 15 is 0 Å². The van der Waals surface area contributed by atoms with Gasteiger partial charge in [0.2, 0.25) is 11.6 Å². The van der Waals surface area contributed by atoms with Crippen molar-refractivity contribution in [3.8, 4) is 0 Å². The van der Waals surface area contributed by atoms with Crippen molar-refractivity contribution in [1.29, 1.82) is 0 Å². The predicted octanol–water partition coefficient (Wildman–Crippen LogP) is 2.07. The Morgan fingerprint density at radius 2 is 2.07 bits per heavy atom. The van der Waals surface area contributed by atoms with E-state index in [-0.39, 0.29) is 18.1 Å². The normalized spacial score (nSPS) is 17.1. The van der Waals surface area contributed by atoms with E-state index in [0.29, 0.717) is 23.1 Å². The Hall–Kier alpha value is -3.16. The van der Waals surface area contributed by atoms with E-state index in [1.165, 1.54) is 15.5 Å². The van der Waals surface area contributed by atoms with Crippen LogP contribution in [0.1, 0.15) is 25.3 Å². The van der Waals surface area contributed by atoms with Gasteiger partial charge in [0, 0.05) is 31.2 Å². The van der Waals surface area contributed by atoms with Crippen LogP contribution in [0.4, 0.5) is 11.5 Å². The van der Waals surface area contributed by atoms with Crippen LogP contribution in [0.5, 0.6) is 0 Å². The third kappa shape index (κ3) is 3.62. The van der Waals surface area contributed by atoms with Crippen molar-refractivity contribution in [2.75, 3.05) is 23.3 Å². The predicted molar refractivity (Wildman–Crippen MR) is 108 cm³/mol. The third-order valence-corrected chi connectivity index (χ3v) is 5.07. The van der Waals surface area contributed by atoms with Gasteiger partial charge in [-0.15, -0.1) is 5.10 Å². The Kier molecular flexibility index (Phi) is 4.85. The first-order valence-electron chi connectivity index (χ1n) is 9.57. The smallest absolute Gasteiger partial charge is 0.350 e. The Labute approximate surface area is 162 Å². The first-order chi connectivity index (χ1) is 13.5. The van der Waals surface area contributed by atoms with Crippen LogP contribution in [0, 0.1) is 12.8 Å². The number of nitrogens with zero attached hydrogens (tertiary/aromatic N) is 5. The zero-order chi connectivity index (χ0) is 19.7. The number of hydrogen-bond acceptors (Lipinski definition) is 5. The summed E-state index contributed by atoms with van der Waals surface area (Å²) >= 11 is 0. The van der Waals surface area contributed by atoms with Crippen LogP contribution < -0.4 is 15.9 Å². The average Bonchev–Trinajstić information content (AvgIpc) is 2.99. The van der Waals surface area contributed by atoms with Gasteiger partial charge >= 0.3 is 5.69 Å². The summed E-state index contributed by atoms with van der Waals surface area (Å²) in [5, 5.41) is 7.21. The van der Waals surface area contributed by atoms with E-state index in [1.54, 1.807) is 12.4 Å². The first-order valence-corrected chi connectivity index (χ1v) is 9.57. The highest BCUT2D eigenvalue weighted by Gasteiger charge is 2.22. The highest BCUT2D eigenvalue weighted by atomic mass is 16.2. The van der Waals surface area contributed by atoms with Crippen LogP contribution in [0.25, 0.3) is 5.65 Å². The summed E-state index contributed by atoms with van der Waals surface area (Å²) in [4.78, 5) is 31.7. The molecule has 3 heterocycles. The Morgan fingerprint density at radius 3 is 2.82 bits per heavy atom. The van der Waals surface area contributed by atoms with Crippen LogP contribution in [-0.2, 0) is 11.3 Å². The number of fused-ring (bicyclic) bond motifs is 1. The van der Waals surface area contributed by atoms with Crippen molar-refractivity contribution in [1.82, 2.24) is 19.2 Å². The second-order valence-electron chi connectivity index (χ2n) is 7.49. The number of benzene rings is 1. The minimum Gasteiger partial charge on any atom is -0.353 e. The maximum absolute atomic E-state index is 12.7. The second-order valence-corrected chi connectivity index (χ2v) is 7.49. The Balaban J connectivity index is 1.59. The molecule has 1 aliphatic heterocycles. The molecule has 8 heteroatoms. The van der Waals surface area contributed by atoms with Crippen molar-refractivity contribution in [3.63, 3.8) is 0 Å². The van der Waals surface area contributed by atoms with Gasteiger partial charge in [0.25, 0.3) is 0 Å². The lowest BCUT2D eigenvalue weighted by molar-refractivity contribution is -0.117. The number of piperidine rings is 1. The lowest BCUT2D eigenvalue weighted by Gasteiger charge is -2.31. The molecular formula is C20H24N6O2. The molecule has 1 aliphatic rings. The summed E-state index contributed by atoms with van der Waals surface area (Å²) < 4.78 is 2.65. The molecule has 1 saturated heterocycles. The molecule has 3 aromatic rings.